The minimum Gasteiger partial charge on any atom is -0.360 e. The second-order valence-corrected chi connectivity index (χ2v) is 8.48. The lowest BCUT2D eigenvalue weighted by molar-refractivity contribution is 0.0719. The highest BCUT2D eigenvalue weighted by Crippen LogP contribution is 2.25. The minimum atomic E-state index is -0.123. The number of aromatic nitrogens is 1. The molecule has 1 aliphatic heterocycles. The molecule has 6 heteroatoms. The molecule has 0 N–H and O–H groups in total. The number of piperidine rings is 1. The van der Waals surface area contributed by atoms with Crippen molar-refractivity contribution >= 4 is 5.91 Å². The summed E-state index contributed by atoms with van der Waals surface area (Å²) in [4.78, 5) is 17.1. The number of carbonyl (C=O) groups is 1. The van der Waals surface area contributed by atoms with Crippen LogP contribution in [0, 0.1) is 11.7 Å². The van der Waals surface area contributed by atoms with Gasteiger partial charge in [-0.2, -0.15) is 0 Å². The standard InChI is InChI=1S/C23H30FN3O2/c1-26(23(28)22-19-9-3-5-11-21(19)29-25-22)15-17-7-6-13-27(16-17)14-12-18-8-2-4-10-20(18)24/h2,4,8,10,17H,3,5-7,9,11-16H2,1H3/t17-/m0/s1. The van der Waals surface area contributed by atoms with Crippen molar-refractivity contribution in [3.63, 3.8) is 0 Å². The number of amides is 1. The maximum Gasteiger partial charge on any atom is 0.276 e. The number of nitrogens with zero attached hydrogens (tertiary/aromatic N) is 3. The summed E-state index contributed by atoms with van der Waals surface area (Å²) in [5.41, 5.74) is 2.30. The van der Waals surface area contributed by atoms with Gasteiger partial charge in [-0.05, 0) is 62.6 Å². The van der Waals surface area contributed by atoms with Gasteiger partial charge in [0.05, 0.1) is 0 Å². The summed E-state index contributed by atoms with van der Waals surface area (Å²) in [6.07, 6.45) is 6.93. The monoisotopic (exact) mass is 399 g/mol. The second kappa shape index (κ2) is 9.08. The molecular formula is C23H30FN3O2. The number of carbonyl (C=O) groups excluding carboxylic acids is 1. The van der Waals surface area contributed by atoms with Gasteiger partial charge in [0.1, 0.15) is 11.6 Å². The van der Waals surface area contributed by atoms with Crippen molar-refractivity contribution in [3.05, 3.63) is 52.7 Å². The zero-order valence-corrected chi connectivity index (χ0v) is 17.2. The first-order valence-electron chi connectivity index (χ1n) is 10.8. The molecule has 1 fully saturated rings. The third kappa shape index (κ3) is 4.69. The maximum atomic E-state index is 13.9. The van der Waals surface area contributed by atoms with E-state index in [1.54, 1.807) is 11.0 Å². The molecule has 5 nitrogen and oxygen atoms in total. The normalized spacial score (nSPS) is 19.7. The van der Waals surface area contributed by atoms with E-state index in [-0.39, 0.29) is 11.7 Å². The first kappa shape index (κ1) is 20.1. The zero-order chi connectivity index (χ0) is 20.2. The summed E-state index contributed by atoms with van der Waals surface area (Å²) < 4.78 is 19.3. The summed E-state index contributed by atoms with van der Waals surface area (Å²) in [5.74, 6) is 1.17. The van der Waals surface area contributed by atoms with Crippen LogP contribution in [0.4, 0.5) is 4.39 Å². The van der Waals surface area contributed by atoms with E-state index in [1.807, 2.05) is 19.2 Å². The number of hydrogen-bond donors (Lipinski definition) is 0. The number of aryl methyl sites for hydroxylation is 1. The van der Waals surface area contributed by atoms with Gasteiger partial charge in [-0.3, -0.25) is 4.79 Å². The molecule has 4 rings (SSSR count). The number of hydrogen-bond acceptors (Lipinski definition) is 4. The topological polar surface area (TPSA) is 49.6 Å². The van der Waals surface area contributed by atoms with Crippen LogP contribution >= 0.6 is 0 Å². The van der Waals surface area contributed by atoms with Crippen molar-refractivity contribution in [3.8, 4) is 0 Å². The Morgan fingerprint density at radius 1 is 1.28 bits per heavy atom. The quantitative estimate of drug-likeness (QED) is 0.743. The van der Waals surface area contributed by atoms with E-state index < -0.39 is 0 Å². The third-order valence-corrected chi connectivity index (χ3v) is 6.29. The van der Waals surface area contributed by atoms with Gasteiger partial charge in [-0.15, -0.1) is 0 Å². The van der Waals surface area contributed by atoms with Crippen LogP contribution in [-0.2, 0) is 19.3 Å². The summed E-state index contributed by atoms with van der Waals surface area (Å²) in [7, 11) is 1.87. The molecule has 1 aromatic carbocycles. The Labute approximate surface area is 171 Å². The lowest BCUT2D eigenvalue weighted by Crippen LogP contribution is -2.42. The third-order valence-electron chi connectivity index (χ3n) is 6.29. The van der Waals surface area contributed by atoms with Crippen LogP contribution in [0.1, 0.15) is 53.1 Å². The van der Waals surface area contributed by atoms with Gasteiger partial charge in [-0.25, -0.2) is 4.39 Å². The van der Waals surface area contributed by atoms with Crippen molar-refractivity contribution in [1.82, 2.24) is 15.0 Å². The number of rotatable bonds is 6. The van der Waals surface area contributed by atoms with Crippen LogP contribution in [0.2, 0.25) is 0 Å². The number of fused-ring (bicyclic) bond motifs is 1. The van der Waals surface area contributed by atoms with Gasteiger partial charge in [0.25, 0.3) is 5.91 Å². The van der Waals surface area contributed by atoms with E-state index in [4.69, 9.17) is 4.52 Å². The second-order valence-electron chi connectivity index (χ2n) is 8.48. The van der Waals surface area contributed by atoms with Crippen molar-refractivity contribution in [2.75, 3.05) is 33.2 Å². The van der Waals surface area contributed by atoms with E-state index in [1.165, 1.54) is 6.07 Å². The van der Waals surface area contributed by atoms with Gasteiger partial charge >= 0.3 is 0 Å². The van der Waals surface area contributed by atoms with Crippen LogP contribution < -0.4 is 0 Å². The molecule has 1 atom stereocenters. The highest BCUT2D eigenvalue weighted by molar-refractivity contribution is 5.93. The van der Waals surface area contributed by atoms with Crippen molar-refractivity contribution in [2.24, 2.45) is 5.92 Å². The Balaban J connectivity index is 1.31. The molecule has 2 aliphatic rings. The van der Waals surface area contributed by atoms with E-state index in [0.29, 0.717) is 11.6 Å². The van der Waals surface area contributed by atoms with Crippen LogP contribution in [0.3, 0.4) is 0 Å². The fourth-order valence-electron chi connectivity index (χ4n) is 4.69. The lowest BCUT2D eigenvalue weighted by atomic mass is 9.95. The van der Waals surface area contributed by atoms with E-state index in [9.17, 15) is 9.18 Å². The van der Waals surface area contributed by atoms with Crippen molar-refractivity contribution in [2.45, 2.75) is 44.9 Å². The Morgan fingerprint density at radius 3 is 2.97 bits per heavy atom. The van der Waals surface area contributed by atoms with E-state index >= 15 is 0 Å². The highest BCUT2D eigenvalue weighted by Gasteiger charge is 2.28. The minimum absolute atomic E-state index is 0.0274. The lowest BCUT2D eigenvalue weighted by Gasteiger charge is -2.34. The molecule has 2 aromatic rings. The largest absolute Gasteiger partial charge is 0.360 e. The highest BCUT2D eigenvalue weighted by atomic mass is 19.1. The SMILES string of the molecule is CN(C[C@@H]1CCCN(CCc2ccccc2F)C1)C(=O)c1noc2c1CCCC2. The maximum absolute atomic E-state index is 13.9. The first-order chi connectivity index (χ1) is 14.1. The summed E-state index contributed by atoms with van der Waals surface area (Å²) >= 11 is 0. The fraction of sp³-hybridized carbons (Fsp3) is 0.565. The van der Waals surface area contributed by atoms with E-state index in [2.05, 4.69) is 10.1 Å². The molecule has 1 aliphatic carbocycles. The van der Waals surface area contributed by atoms with Crippen LogP contribution in [-0.4, -0.2) is 54.1 Å². The van der Waals surface area contributed by atoms with Crippen molar-refractivity contribution < 1.29 is 13.7 Å². The molecule has 1 saturated heterocycles. The van der Waals surface area contributed by atoms with Gasteiger partial charge in [0.15, 0.2) is 5.69 Å². The molecular weight excluding hydrogens is 369 g/mol. The van der Waals surface area contributed by atoms with E-state index in [0.717, 1.165) is 88.0 Å². The summed E-state index contributed by atoms with van der Waals surface area (Å²) in [5, 5.41) is 4.09. The Hall–Kier alpha value is -2.21. The summed E-state index contributed by atoms with van der Waals surface area (Å²) in [6, 6.07) is 7.01. The fourth-order valence-corrected chi connectivity index (χ4v) is 4.69. The van der Waals surface area contributed by atoms with Gasteiger partial charge in [-0.1, -0.05) is 23.4 Å². The predicted octanol–water partition coefficient (Wildman–Crippen LogP) is 3.72. The molecule has 0 spiro atoms. The van der Waals surface area contributed by atoms with Gasteiger partial charge in [0.2, 0.25) is 0 Å². The van der Waals surface area contributed by atoms with Gasteiger partial charge in [0, 0.05) is 38.7 Å². The molecule has 0 bridgehead atoms. The van der Waals surface area contributed by atoms with Gasteiger partial charge < -0.3 is 14.3 Å². The van der Waals surface area contributed by atoms with Crippen LogP contribution in [0.5, 0.6) is 0 Å². The number of likely N-dealkylation sites (tertiary alicyclic amines) is 1. The van der Waals surface area contributed by atoms with Crippen molar-refractivity contribution in [1.29, 1.82) is 0 Å². The molecule has 0 unspecified atom stereocenters. The first-order valence-corrected chi connectivity index (χ1v) is 10.8. The molecule has 1 aromatic heterocycles. The average molecular weight is 400 g/mol. The summed E-state index contributed by atoms with van der Waals surface area (Å²) in [6.45, 7) is 3.56. The average Bonchev–Trinajstić information content (AvgIpc) is 3.17. The molecule has 2 heterocycles. The molecule has 0 saturated carbocycles. The number of benzene rings is 1. The van der Waals surface area contributed by atoms with Crippen LogP contribution in [0.25, 0.3) is 0 Å². The molecule has 29 heavy (non-hydrogen) atoms. The van der Waals surface area contributed by atoms with Crippen LogP contribution in [0.15, 0.2) is 28.8 Å². The Kier molecular flexibility index (Phi) is 6.28. The molecule has 1 amide bonds. The Bertz CT molecular complexity index is 850. The number of halogens is 1. The zero-order valence-electron chi connectivity index (χ0n) is 17.2. The molecule has 156 valence electrons. The Morgan fingerprint density at radius 2 is 2.10 bits per heavy atom. The molecule has 0 radical (unpaired) electrons. The smallest absolute Gasteiger partial charge is 0.276 e. The predicted molar refractivity (Wildman–Crippen MR) is 109 cm³/mol.